The molecule has 0 aromatic heterocycles. The highest BCUT2D eigenvalue weighted by atomic mass is 32.2. The fourth-order valence-electron chi connectivity index (χ4n) is 6.15. The van der Waals surface area contributed by atoms with Gasteiger partial charge in [-0.15, -0.1) is 0 Å². The lowest BCUT2D eigenvalue weighted by Crippen LogP contribution is -2.53. The summed E-state index contributed by atoms with van der Waals surface area (Å²) in [7, 11) is -3.44. The standard InChI is InChI=1S/C17H25FO4S/c18-17(23(20)21,14-3-1-2-4-14)22-15(19)16-8-11-5-12(9-16)7-13(6-11)10-16/h11-14,23H,1-10H2. The van der Waals surface area contributed by atoms with Gasteiger partial charge in [-0.3, -0.25) is 4.79 Å². The van der Waals surface area contributed by atoms with E-state index in [1.807, 2.05) is 0 Å². The van der Waals surface area contributed by atoms with Crippen LogP contribution in [0.15, 0.2) is 0 Å². The highest BCUT2D eigenvalue weighted by molar-refractivity contribution is 7.73. The van der Waals surface area contributed by atoms with E-state index in [1.54, 1.807) is 0 Å². The fraction of sp³-hybridized carbons (Fsp3) is 0.941. The molecule has 0 saturated heterocycles. The van der Waals surface area contributed by atoms with Gasteiger partial charge in [0.1, 0.15) is 0 Å². The van der Waals surface area contributed by atoms with E-state index >= 15 is 4.39 Å². The van der Waals surface area contributed by atoms with Gasteiger partial charge in [-0.1, -0.05) is 12.8 Å². The van der Waals surface area contributed by atoms with Crippen LogP contribution in [0, 0.1) is 29.1 Å². The first-order valence-electron chi connectivity index (χ1n) is 8.98. The third kappa shape index (κ3) is 2.52. The van der Waals surface area contributed by atoms with Crippen LogP contribution in [-0.4, -0.2) is 19.6 Å². The Morgan fingerprint density at radius 1 is 1.00 bits per heavy atom. The molecule has 5 fully saturated rings. The molecule has 0 amide bonds. The normalized spacial score (nSPS) is 42.1. The van der Waals surface area contributed by atoms with Crippen LogP contribution in [0.2, 0.25) is 0 Å². The number of rotatable bonds is 4. The molecule has 5 rings (SSSR count). The molecule has 0 heterocycles. The summed E-state index contributed by atoms with van der Waals surface area (Å²) in [5, 5.41) is -2.80. The van der Waals surface area contributed by atoms with E-state index in [4.69, 9.17) is 4.74 Å². The molecule has 4 bridgehead atoms. The SMILES string of the molecule is O=C(OC(F)(C1CCCC1)[SH](=O)=O)C12CC3CC(CC(C3)C1)C2. The molecule has 0 radical (unpaired) electrons. The van der Waals surface area contributed by atoms with Crippen LogP contribution < -0.4 is 0 Å². The molecule has 1 atom stereocenters. The molecule has 0 aromatic rings. The summed E-state index contributed by atoms with van der Waals surface area (Å²) in [6.07, 6.45) is 8.35. The van der Waals surface area contributed by atoms with Gasteiger partial charge in [0, 0.05) is 5.92 Å². The molecule has 0 aromatic carbocycles. The highest BCUT2D eigenvalue weighted by Crippen LogP contribution is 2.60. The Kier molecular flexibility index (Phi) is 3.74. The van der Waals surface area contributed by atoms with Gasteiger partial charge in [0.25, 0.3) is 0 Å². The number of hydrogen-bond acceptors (Lipinski definition) is 4. The number of halogens is 1. The van der Waals surface area contributed by atoms with E-state index in [0.29, 0.717) is 30.6 Å². The highest BCUT2D eigenvalue weighted by Gasteiger charge is 2.58. The Hall–Kier alpha value is -0.650. The van der Waals surface area contributed by atoms with E-state index < -0.39 is 33.2 Å². The van der Waals surface area contributed by atoms with Gasteiger partial charge in [-0.05, 0) is 69.1 Å². The number of alkyl halides is 1. The summed E-state index contributed by atoms with van der Waals surface area (Å²) in [6.45, 7) is 0. The minimum atomic E-state index is -3.44. The molecule has 23 heavy (non-hydrogen) atoms. The second-order valence-corrected chi connectivity index (χ2v) is 9.56. The average molecular weight is 344 g/mol. The second kappa shape index (κ2) is 5.43. The Labute approximate surface area is 138 Å². The third-order valence-corrected chi connectivity index (χ3v) is 7.77. The molecule has 0 spiro atoms. The number of carbonyl (C=O) groups is 1. The van der Waals surface area contributed by atoms with Crippen LogP contribution >= 0.6 is 0 Å². The van der Waals surface area contributed by atoms with Crippen LogP contribution in [0.5, 0.6) is 0 Å². The van der Waals surface area contributed by atoms with Crippen molar-refractivity contribution in [3.8, 4) is 0 Å². The molecule has 0 N–H and O–H groups in total. The lowest BCUT2D eigenvalue weighted by molar-refractivity contribution is -0.197. The van der Waals surface area contributed by atoms with Gasteiger partial charge in [0.05, 0.1) is 5.41 Å². The van der Waals surface area contributed by atoms with Crippen LogP contribution in [-0.2, 0) is 20.2 Å². The third-order valence-electron chi connectivity index (χ3n) is 6.81. The minimum absolute atomic E-state index is 0.480. The molecule has 5 aliphatic carbocycles. The zero-order valence-electron chi connectivity index (χ0n) is 13.3. The molecule has 1 unspecified atom stereocenters. The van der Waals surface area contributed by atoms with Crippen LogP contribution in [0.1, 0.15) is 64.2 Å². The van der Waals surface area contributed by atoms with Crippen molar-refractivity contribution < 1.29 is 22.3 Å². The zero-order chi connectivity index (χ0) is 16.2. The Balaban J connectivity index is 1.56. The number of esters is 1. The summed E-state index contributed by atoms with van der Waals surface area (Å²) in [6, 6.07) is 0. The van der Waals surface area contributed by atoms with Crippen molar-refractivity contribution in [1.29, 1.82) is 0 Å². The van der Waals surface area contributed by atoms with Gasteiger partial charge in [-0.2, -0.15) is 4.39 Å². The number of hydrogen-bond donors (Lipinski definition) is 1. The lowest BCUT2D eigenvalue weighted by atomic mass is 9.49. The van der Waals surface area contributed by atoms with Gasteiger partial charge in [0.15, 0.2) is 0 Å². The zero-order valence-corrected chi connectivity index (χ0v) is 14.2. The van der Waals surface area contributed by atoms with E-state index in [9.17, 15) is 13.2 Å². The molecular formula is C17H25FO4S. The maximum Gasteiger partial charge on any atom is 0.352 e. The summed E-state index contributed by atoms with van der Waals surface area (Å²) < 4.78 is 43.4. The Morgan fingerprint density at radius 2 is 1.48 bits per heavy atom. The van der Waals surface area contributed by atoms with E-state index in [1.165, 1.54) is 19.3 Å². The van der Waals surface area contributed by atoms with Crippen molar-refractivity contribution in [1.82, 2.24) is 0 Å². The summed E-state index contributed by atoms with van der Waals surface area (Å²) in [4.78, 5) is 12.8. The molecule has 0 aliphatic heterocycles. The van der Waals surface area contributed by atoms with Gasteiger partial charge >= 0.3 is 11.2 Å². The van der Waals surface area contributed by atoms with Crippen LogP contribution in [0.3, 0.4) is 0 Å². The minimum Gasteiger partial charge on any atom is -0.414 e. The first kappa shape index (κ1) is 15.9. The maximum absolute atomic E-state index is 15.1. The summed E-state index contributed by atoms with van der Waals surface area (Å²) in [5.41, 5.74) is -0.615. The largest absolute Gasteiger partial charge is 0.414 e. The van der Waals surface area contributed by atoms with Crippen molar-refractivity contribution in [2.75, 3.05) is 0 Å². The van der Waals surface area contributed by atoms with Crippen molar-refractivity contribution in [2.24, 2.45) is 29.1 Å². The van der Waals surface area contributed by atoms with Crippen LogP contribution in [0.25, 0.3) is 0 Å². The maximum atomic E-state index is 15.1. The van der Waals surface area contributed by atoms with Crippen molar-refractivity contribution in [3.63, 3.8) is 0 Å². The summed E-state index contributed by atoms with van der Waals surface area (Å²) in [5.74, 6) is 0.340. The predicted octanol–water partition coefficient (Wildman–Crippen LogP) is 3.17. The molecule has 5 aliphatic rings. The topological polar surface area (TPSA) is 60.4 Å². The molecular weight excluding hydrogens is 319 g/mol. The van der Waals surface area contributed by atoms with Crippen molar-refractivity contribution in [2.45, 2.75) is 69.4 Å². The van der Waals surface area contributed by atoms with Crippen LogP contribution in [0.4, 0.5) is 4.39 Å². The summed E-state index contributed by atoms with van der Waals surface area (Å²) >= 11 is 0. The Bertz CT molecular complexity index is 538. The van der Waals surface area contributed by atoms with Gasteiger partial charge in [0.2, 0.25) is 10.7 Å². The number of ether oxygens (including phenoxy) is 1. The smallest absolute Gasteiger partial charge is 0.352 e. The van der Waals surface area contributed by atoms with Crippen molar-refractivity contribution >= 4 is 16.7 Å². The van der Waals surface area contributed by atoms with Gasteiger partial charge < -0.3 is 4.74 Å². The molecule has 4 nitrogen and oxygen atoms in total. The Morgan fingerprint density at radius 3 is 1.91 bits per heavy atom. The first-order chi connectivity index (χ1) is 10.9. The number of thiol groups is 1. The van der Waals surface area contributed by atoms with E-state index in [2.05, 4.69) is 0 Å². The van der Waals surface area contributed by atoms with E-state index in [0.717, 1.165) is 32.1 Å². The number of carbonyl (C=O) groups excluding carboxylic acids is 1. The second-order valence-electron chi connectivity index (χ2n) is 8.43. The van der Waals surface area contributed by atoms with Crippen molar-refractivity contribution in [3.05, 3.63) is 0 Å². The predicted molar refractivity (Wildman–Crippen MR) is 82.8 cm³/mol. The van der Waals surface area contributed by atoms with Gasteiger partial charge in [-0.25, -0.2) is 8.42 Å². The first-order valence-corrected chi connectivity index (χ1v) is 10.2. The molecule has 6 heteroatoms. The lowest BCUT2D eigenvalue weighted by Gasteiger charge is -2.55. The molecule has 5 saturated carbocycles. The average Bonchev–Trinajstić information content (AvgIpc) is 3.00. The molecule has 130 valence electrons. The fourth-order valence-corrected chi connectivity index (χ4v) is 6.86. The monoisotopic (exact) mass is 344 g/mol. The quantitative estimate of drug-likeness (QED) is 0.628. The van der Waals surface area contributed by atoms with E-state index in [-0.39, 0.29) is 0 Å².